The van der Waals surface area contributed by atoms with Gasteiger partial charge >= 0.3 is 0 Å². The van der Waals surface area contributed by atoms with Crippen LogP contribution in [0.2, 0.25) is 0 Å². The van der Waals surface area contributed by atoms with E-state index in [1.165, 1.54) is 85.9 Å². The number of thiophene rings is 1. The average molecular weight is 653 g/mol. The van der Waals surface area contributed by atoms with Gasteiger partial charge in [0.05, 0.1) is 0 Å². The van der Waals surface area contributed by atoms with Gasteiger partial charge in [0.2, 0.25) is 0 Å². The van der Waals surface area contributed by atoms with Crippen molar-refractivity contribution < 1.29 is 4.42 Å². The van der Waals surface area contributed by atoms with Crippen molar-refractivity contribution >= 4 is 85.8 Å². The molecule has 2 heterocycles. The van der Waals surface area contributed by atoms with Gasteiger partial charge in [-0.15, -0.1) is 11.3 Å². The van der Waals surface area contributed by atoms with Gasteiger partial charge in [0.15, 0.2) is 0 Å². The molecule has 9 aromatic carbocycles. The SMILES string of the molecule is c1ccc(-c2c3ccccc3c(-c3cccc(-c4ccc5ccc6c7cc8c(cc7oc6c5c4)sc4ccccc48)c3)c3ccccc23)cc1. The topological polar surface area (TPSA) is 13.1 Å². The van der Waals surface area contributed by atoms with Gasteiger partial charge in [-0.1, -0.05) is 133 Å². The summed E-state index contributed by atoms with van der Waals surface area (Å²) < 4.78 is 9.28. The van der Waals surface area contributed by atoms with Crippen molar-refractivity contribution in [1.29, 1.82) is 0 Å². The Kier molecular flexibility index (Phi) is 5.89. The predicted octanol–water partition coefficient (Wildman–Crippen LogP) is 14.4. The Morgan fingerprint density at radius 3 is 1.68 bits per heavy atom. The van der Waals surface area contributed by atoms with Crippen LogP contribution in [0.15, 0.2) is 174 Å². The lowest BCUT2D eigenvalue weighted by Crippen LogP contribution is -1.91. The van der Waals surface area contributed by atoms with Crippen LogP contribution in [0.5, 0.6) is 0 Å². The zero-order valence-corrected chi connectivity index (χ0v) is 27.8. The van der Waals surface area contributed by atoms with Crippen molar-refractivity contribution in [2.75, 3.05) is 0 Å². The molecule has 232 valence electrons. The highest BCUT2D eigenvalue weighted by Crippen LogP contribution is 2.45. The van der Waals surface area contributed by atoms with Gasteiger partial charge in [0.1, 0.15) is 11.2 Å². The van der Waals surface area contributed by atoms with Gasteiger partial charge in [-0.3, -0.25) is 0 Å². The normalized spacial score (nSPS) is 12.0. The van der Waals surface area contributed by atoms with Gasteiger partial charge in [-0.2, -0.15) is 0 Å². The van der Waals surface area contributed by atoms with Crippen molar-refractivity contribution in [3.05, 3.63) is 170 Å². The smallest absolute Gasteiger partial charge is 0.143 e. The van der Waals surface area contributed by atoms with Crippen molar-refractivity contribution in [3.63, 3.8) is 0 Å². The molecule has 0 N–H and O–H groups in total. The lowest BCUT2D eigenvalue weighted by Gasteiger charge is -2.18. The van der Waals surface area contributed by atoms with Gasteiger partial charge in [0, 0.05) is 36.3 Å². The molecule has 1 nitrogen and oxygen atoms in total. The van der Waals surface area contributed by atoms with Crippen molar-refractivity contribution in [1.82, 2.24) is 0 Å². The molecule has 2 heteroatoms. The van der Waals surface area contributed by atoms with E-state index in [0.717, 1.165) is 21.9 Å². The zero-order chi connectivity index (χ0) is 32.8. The number of fused-ring (bicyclic) bond motifs is 10. The van der Waals surface area contributed by atoms with E-state index < -0.39 is 0 Å². The summed E-state index contributed by atoms with van der Waals surface area (Å²) in [5, 5.41) is 12.3. The van der Waals surface area contributed by atoms with E-state index in [9.17, 15) is 0 Å². The van der Waals surface area contributed by atoms with Crippen LogP contribution in [0.4, 0.5) is 0 Å². The quantitative estimate of drug-likeness (QED) is 0.173. The largest absolute Gasteiger partial charge is 0.455 e. The minimum absolute atomic E-state index is 0.941. The fourth-order valence-electron chi connectivity index (χ4n) is 8.16. The molecular weight excluding hydrogens is 625 g/mol. The van der Waals surface area contributed by atoms with Crippen molar-refractivity contribution in [2.45, 2.75) is 0 Å². The maximum atomic E-state index is 6.70. The first-order valence-electron chi connectivity index (χ1n) is 17.1. The second kappa shape index (κ2) is 10.6. The van der Waals surface area contributed by atoms with Crippen molar-refractivity contribution in [2.24, 2.45) is 0 Å². The third-order valence-electron chi connectivity index (χ3n) is 10.4. The molecule has 0 unspecified atom stereocenters. The molecular formula is C48H28OS. The number of rotatable bonds is 3. The van der Waals surface area contributed by atoms with Gasteiger partial charge in [-0.05, 0) is 96.7 Å². The summed E-state index contributed by atoms with van der Waals surface area (Å²) in [4.78, 5) is 0. The molecule has 0 amide bonds. The maximum Gasteiger partial charge on any atom is 0.143 e. The van der Waals surface area contributed by atoms with Gasteiger partial charge in [0.25, 0.3) is 0 Å². The van der Waals surface area contributed by atoms with Crippen LogP contribution < -0.4 is 0 Å². The van der Waals surface area contributed by atoms with Gasteiger partial charge < -0.3 is 4.42 Å². The van der Waals surface area contributed by atoms with Crippen molar-refractivity contribution in [3.8, 4) is 33.4 Å². The summed E-state index contributed by atoms with van der Waals surface area (Å²) in [6.45, 7) is 0. The Morgan fingerprint density at radius 2 is 0.920 bits per heavy atom. The first kappa shape index (κ1) is 27.7. The molecule has 0 atom stereocenters. The molecule has 11 rings (SSSR count). The Bertz CT molecular complexity index is 3090. The molecule has 0 aliphatic heterocycles. The summed E-state index contributed by atoms with van der Waals surface area (Å²) in [6.07, 6.45) is 0. The van der Waals surface area contributed by atoms with Crippen LogP contribution in [0, 0.1) is 0 Å². The minimum Gasteiger partial charge on any atom is -0.455 e. The molecule has 0 fully saturated rings. The average Bonchev–Trinajstić information content (AvgIpc) is 3.73. The molecule has 0 saturated carbocycles. The second-order valence-corrected chi connectivity index (χ2v) is 14.3. The summed E-state index contributed by atoms with van der Waals surface area (Å²) in [5.41, 5.74) is 9.26. The molecule has 0 bridgehead atoms. The summed E-state index contributed by atoms with van der Waals surface area (Å²) in [5.74, 6) is 0. The fourth-order valence-corrected chi connectivity index (χ4v) is 9.28. The van der Waals surface area contributed by atoms with Crippen LogP contribution in [-0.2, 0) is 0 Å². The lowest BCUT2D eigenvalue weighted by atomic mass is 9.85. The van der Waals surface area contributed by atoms with E-state index in [4.69, 9.17) is 4.42 Å². The zero-order valence-electron chi connectivity index (χ0n) is 27.0. The van der Waals surface area contributed by atoms with Crippen LogP contribution in [0.25, 0.3) is 108 Å². The van der Waals surface area contributed by atoms with Gasteiger partial charge in [-0.25, -0.2) is 0 Å². The Balaban J connectivity index is 1.10. The molecule has 50 heavy (non-hydrogen) atoms. The fraction of sp³-hybridized carbons (Fsp3) is 0. The molecule has 0 radical (unpaired) electrons. The van der Waals surface area contributed by atoms with Crippen LogP contribution in [-0.4, -0.2) is 0 Å². The van der Waals surface area contributed by atoms with E-state index in [1.54, 1.807) is 0 Å². The third-order valence-corrected chi connectivity index (χ3v) is 11.6. The third kappa shape index (κ3) is 4.06. The summed E-state index contributed by atoms with van der Waals surface area (Å²) >= 11 is 1.83. The molecule has 0 saturated heterocycles. The standard InChI is InChI=1S/C48H28OS/c1-2-11-30(12-3-1)46-35-16-4-6-18-37(35)47(38-19-7-5-17-36(38)46)33-14-10-13-31(25-33)32-22-21-29-23-24-39-41-27-42-34-15-8-9-20-44(34)50-45(42)28-43(41)49-48(39)40(29)26-32/h1-28H. The number of furan rings is 1. The highest BCUT2D eigenvalue weighted by atomic mass is 32.1. The first-order chi connectivity index (χ1) is 24.8. The van der Waals surface area contributed by atoms with E-state index in [2.05, 4.69) is 170 Å². The summed E-state index contributed by atoms with van der Waals surface area (Å²) in [7, 11) is 0. The molecule has 0 spiro atoms. The van der Waals surface area contributed by atoms with E-state index in [1.807, 2.05) is 11.3 Å². The molecule has 0 aliphatic rings. The Morgan fingerprint density at radius 1 is 0.320 bits per heavy atom. The first-order valence-corrected chi connectivity index (χ1v) is 17.9. The minimum atomic E-state index is 0.941. The Hall–Kier alpha value is -6.22. The van der Waals surface area contributed by atoms with Crippen LogP contribution in [0.1, 0.15) is 0 Å². The lowest BCUT2D eigenvalue weighted by molar-refractivity contribution is 0.673. The molecule has 0 aliphatic carbocycles. The highest BCUT2D eigenvalue weighted by Gasteiger charge is 2.18. The number of benzene rings is 9. The number of hydrogen-bond acceptors (Lipinski definition) is 2. The second-order valence-electron chi connectivity index (χ2n) is 13.2. The molecule has 11 aromatic rings. The van der Waals surface area contributed by atoms with Crippen LogP contribution in [0.3, 0.4) is 0 Å². The number of hydrogen-bond donors (Lipinski definition) is 0. The predicted molar refractivity (Wildman–Crippen MR) is 215 cm³/mol. The monoisotopic (exact) mass is 652 g/mol. The molecule has 2 aromatic heterocycles. The highest BCUT2D eigenvalue weighted by molar-refractivity contribution is 7.25. The maximum absolute atomic E-state index is 6.70. The van der Waals surface area contributed by atoms with Crippen LogP contribution >= 0.6 is 11.3 Å². The van der Waals surface area contributed by atoms with E-state index in [0.29, 0.717) is 0 Å². The summed E-state index contributed by atoms with van der Waals surface area (Å²) in [6, 6.07) is 62.0. The van der Waals surface area contributed by atoms with E-state index in [-0.39, 0.29) is 0 Å². The Labute approximate surface area is 292 Å². The van der Waals surface area contributed by atoms with E-state index >= 15 is 0 Å².